The van der Waals surface area contributed by atoms with Gasteiger partial charge in [-0.05, 0) is 12.0 Å². The van der Waals surface area contributed by atoms with E-state index in [1.807, 2.05) is 0 Å². The fraction of sp³-hybridized carbons (Fsp3) is 0.688. The van der Waals surface area contributed by atoms with E-state index in [1.54, 1.807) is 0 Å². The summed E-state index contributed by atoms with van der Waals surface area (Å²) in [6.07, 6.45) is -6.87. The summed E-state index contributed by atoms with van der Waals surface area (Å²) in [5.41, 5.74) is -2.04. The number of ether oxygens (including phenoxy) is 3. The minimum atomic E-state index is -1.90. The summed E-state index contributed by atoms with van der Waals surface area (Å²) in [7, 11) is 0. The Morgan fingerprint density at radius 2 is 1.89 bits per heavy atom. The molecule has 1 aliphatic carbocycles. The number of carbonyl (C=O) groups is 1. The normalized spacial score (nSPS) is 44.1. The topological polar surface area (TPSA) is 186 Å². The van der Waals surface area contributed by atoms with Gasteiger partial charge in [0.15, 0.2) is 6.29 Å². The molecule has 1 fully saturated rings. The van der Waals surface area contributed by atoms with Crippen molar-refractivity contribution in [3.05, 3.63) is 23.5 Å². The summed E-state index contributed by atoms with van der Waals surface area (Å²) in [6.45, 7) is -1.15. The van der Waals surface area contributed by atoms with E-state index in [2.05, 4.69) is 0 Å². The third-order valence-electron chi connectivity index (χ3n) is 5.18. The second-order valence-corrected chi connectivity index (χ2v) is 6.72. The van der Waals surface area contributed by atoms with E-state index < -0.39 is 73.3 Å². The molecule has 1 saturated heterocycles. The highest BCUT2D eigenvalue weighted by atomic mass is 16.8. The van der Waals surface area contributed by atoms with Gasteiger partial charge < -0.3 is 50.0 Å². The van der Waals surface area contributed by atoms with Gasteiger partial charge in [0.1, 0.15) is 35.6 Å². The average Bonchev–Trinajstić information content (AvgIpc) is 2.99. The molecule has 2 heterocycles. The molecule has 7 N–H and O–H groups in total. The molecule has 3 aliphatic rings. The van der Waals surface area contributed by atoms with Gasteiger partial charge in [0.25, 0.3) is 0 Å². The van der Waals surface area contributed by atoms with E-state index in [0.717, 1.165) is 6.26 Å². The Hall–Kier alpha value is -1.57. The fourth-order valence-corrected chi connectivity index (χ4v) is 3.66. The van der Waals surface area contributed by atoms with E-state index in [1.165, 1.54) is 6.08 Å². The lowest BCUT2D eigenvalue weighted by Crippen LogP contribution is -2.61. The van der Waals surface area contributed by atoms with Crippen LogP contribution in [-0.2, 0) is 19.0 Å². The number of fused-ring (bicyclic) bond motifs is 1. The van der Waals surface area contributed by atoms with Crippen LogP contribution in [0.5, 0.6) is 0 Å². The molecule has 0 aromatic rings. The van der Waals surface area contributed by atoms with Crippen LogP contribution in [0.3, 0.4) is 0 Å². The minimum Gasteiger partial charge on any atom is -0.478 e. The quantitative estimate of drug-likeness (QED) is 0.234. The van der Waals surface area contributed by atoms with Crippen molar-refractivity contribution in [2.45, 2.75) is 49.0 Å². The van der Waals surface area contributed by atoms with Gasteiger partial charge in [-0.2, -0.15) is 0 Å². The highest BCUT2D eigenvalue weighted by molar-refractivity contribution is 5.89. The third kappa shape index (κ3) is 3.26. The van der Waals surface area contributed by atoms with Gasteiger partial charge in [0.05, 0.1) is 25.4 Å². The lowest BCUT2D eigenvalue weighted by Gasteiger charge is -2.44. The van der Waals surface area contributed by atoms with Crippen LogP contribution in [0.15, 0.2) is 23.5 Å². The van der Waals surface area contributed by atoms with Crippen LogP contribution in [0.25, 0.3) is 0 Å². The van der Waals surface area contributed by atoms with Crippen molar-refractivity contribution in [1.29, 1.82) is 0 Å². The molecular formula is C16H22O11. The number of hydrogen-bond donors (Lipinski definition) is 7. The third-order valence-corrected chi connectivity index (χ3v) is 5.18. The Labute approximate surface area is 153 Å². The zero-order valence-corrected chi connectivity index (χ0v) is 14.1. The highest BCUT2D eigenvalue weighted by Gasteiger charge is 2.56. The van der Waals surface area contributed by atoms with Crippen molar-refractivity contribution in [2.75, 3.05) is 13.2 Å². The fourth-order valence-electron chi connectivity index (χ4n) is 3.66. The second-order valence-electron chi connectivity index (χ2n) is 6.72. The second kappa shape index (κ2) is 7.45. The first kappa shape index (κ1) is 20.2. The molecule has 11 heteroatoms. The van der Waals surface area contributed by atoms with Crippen LogP contribution in [0.1, 0.15) is 6.42 Å². The summed E-state index contributed by atoms with van der Waals surface area (Å²) in [4.78, 5) is 11.4. The number of hydrogen-bond acceptors (Lipinski definition) is 10. The number of carboxylic acids is 1. The first-order chi connectivity index (χ1) is 12.7. The standard InChI is InChI=1S/C16H22O11/c17-3-6-1-2-16(24)7(13(22)23)5-25-14(9(6)16)27-15-12(21)11(20)10(19)8(4-18)26-15/h1,5,8-12,14-15,17-21,24H,2-4H2,(H,22,23)/t8-,9-,10-,11+,12-,14-,15+,16-/m0/s1. The first-order valence-electron chi connectivity index (χ1n) is 8.32. The van der Waals surface area contributed by atoms with Gasteiger partial charge in [0, 0.05) is 0 Å². The van der Waals surface area contributed by atoms with E-state index in [9.17, 15) is 40.5 Å². The van der Waals surface area contributed by atoms with Crippen molar-refractivity contribution in [2.24, 2.45) is 5.92 Å². The molecular weight excluding hydrogens is 368 g/mol. The van der Waals surface area contributed by atoms with Gasteiger partial charge in [0.2, 0.25) is 6.29 Å². The van der Waals surface area contributed by atoms with Crippen LogP contribution in [0, 0.1) is 5.92 Å². The van der Waals surface area contributed by atoms with Crippen LogP contribution >= 0.6 is 0 Å². The van der Waals surface area contributed by atoms with Crippen LogP contribution in [0.2, 0.25) is 0 Å². The highest BCUT2D eigenvalue weighted by Crippen LogP contribution is 2.47. The average molecular weight is 390 g/mol. The zero-order chi connectivity index (χ0) is 19.9. The molecule has 0 amide bonds. The van der Waals surface area contributed by atoms with Gasteiger partial charge >= 0.3 is 5.97 Å². The smallest absolute Gasteiger partial charge is 0.337 e. The molecule has 0 spiro atoms. The van der Waals surface area contributed by atoms with Crippen LogP contribution in [-0.4, -0.2) is 97.5 Å². The lowest BCUT2D eigenvalue weighted by molar-refractivity contribution is -0.343. The maximum absolute atomic E-state index is 11.4. The predicted molar refractivity (Wildman–Crippen MR) is 83.7 cm³/mol. The van der Waals surface area contributed by atoms with Crippen LogP contribution < -0.4 is 0 Å². The van der Waals surface area contributed by atoms with Crippen molar-refractivity contribution < 1.29 is 54.8 Å². The predicted octanol–water partition coefficient (Wildman–Crippen LogP) is -3.20. The Morgan fingerprint density at radius 3 is 2.48 bits per heavy atom. The molecule has 0 bridgehead atoms. The Morgan fingerprint density at radius 1 is 1.19 bits per heavy atom. The molecule has 0 radical (unpaired) electrons. The van der Waals surface area contributed by atoms with Gasteiger partial charge in [-0.25, -0.2) is 4.79 Å². The number of rotatable bonds is 5. The molecule has 3 rings (SSSR count). The SMILES string of the molecule is O=C(O)C1=CO[C@@H](O[C@H]2O[C@@H](CO)[C@H](O)[C@@H](O)[C@@H]2O)[C@@H]2C(CO)=CC[C@]12O. The number of aliphatic hydroxyl groups is 6. The zero-order valence-electron chi connectivity index (χ0n) is 14.1. The number of carboxylic acid groups (broad SMARTS) is 1. The molecule has 27 heavy (non-hydrogen) atoms. The van der Waals surface area contributed by atoms with Gasteiger partial charge in [-0.15, -0.1) is 0 Å². The number of aliphatic carboxylic acids is 1. The van der Waals surface area contributed by atoms with E-state index >= 15 is 0 Å². The molecule has 0 saturated carbocycles. The first-order valence-corrected chi connectivity index (χ1v) is 8.32. The summed E-state index contributed by atoms with van der Waals surface area (Å²) >= 11 is 0. The largest absolute Gasteiger partial charge is 0.478 e. The molecule has 0 aromatic carbocycles. The summed E-state index contributed by atoms with van der Waals surface area (Å²) in [6, 6.07) is 0. The molecule has 0 aromatic heterocycles. The summed E-state index contributed by atoms with van der Waals surface area (Å²) in [5, 5.41) is 68.7. The van der Waals surface area contributed by atoms with E-state index in [-0.39, 0.29) is 12.0 Å². The Kier molecular flexibility index (Phi) is 5.57. The van der Waals surface area contributed by atoms with Crippen molar-refractivity contribution in [3.63, 3.8) is 0 Å². The van der Waals surface area contributed by atoms with Crippen LogP contribution in [0.4, 0.5) is 0 Å². The molecule has 0 unspecified atom stereocenters. The molecule has 152 valence electrons. The van der Waals surface area contributed by atoms with Gasteiger partial charge in [-0.3, -0.25) is 0 Å². The monoisotopic (exact) mass is 390 g/mol. The maximum atomic E-state index is 11.4. The van der Waals surface area contributed by atoms with E-state index in [0.29, 0.717) is 0 Å². The molecule has 2 aliphatic heterocycles. The minimum absolute atomic E-state index is 0.0937. The summed E-state index contributed by atoms with van der Waals surface area (Å²) < 4.78 is 16.0. The number of aliphatic hydroxyl groups excluding tert-OH is 5. The Balaban J connectivity index is 1.86. The van der Waals surface area contributed by atoms with Gasteiger partial charge in [-0.1, -0.05) is 6.08 Å². The van der Waals surface area contributed by atoms with Crippen molar-refractivity contribution in [3.8, 4) is 0 Å². The lowest BCUT2D eigenvalue weighted by atomic mass is 9.79. The summed E-state index contributed by atoms with van der Waals surface area (Å²) in [5.74, 6) is -2.51. The molecule has 8 atom stereocenters. The van der Waals surface area contributed by atoms with Crippen molar-refractivity contribution >= 4 is 5.97 Å². The maximum Gasteiger partial charge on any atom is 0.337 e. The Bertz CT molecular complexity index is 644. The van der Waals surface area contributed by atoms with E-state index in [4.69, 9.17) is 14.2 Å². The molecule has 11 nitrogen and oxygen atoms in total. The van der Waals surface area contributed by atoms with Crippen molar-refractivity contribution in [1.82, 2.24) is 0 Å².